The van der Waals surface area contributed by atoms with E-state index in [4.69, 9.17) is 11.6 Å². The van der Waals surface area contributed by atoms with E-state index >= 15 is 0 Å². The molecule has 1 saturated heterocycles. The number of likely N-dealkylation sites (tertiary alicyclic amines) is 1. The fourth-order valence-corrected chi connectivity index (χ4v) is 5.94. The first-order chi connectivity index (χ1) is 19.1. The zero-order chi connectivity index (χ0) is 28.7. The number of aromatic nitrogens is 3. The van der Waals surface area contributed by atoms with Gasteiger partial charge in [-0.2, -0.15) is 23.0 Å². The van der Waals surface area contributed by atoms with E-state index in [1.807, 2.05) is 44.2 Å². The molecule has 11 nitrogen and oxygen atoms in total. The number of hydrogen-bond donors (Lipinski definition) is 3. The normalized spacial score (nSPS) is 16.3. The van der Waals surface area contributed by atoms with Crippen LogP contribution < -0.4 is 14.8 Å². The van der Waals surface area contributed by atoms with Crippen LogP contribution in [0.4, 0.5) is 0 Å². The first kappa shape index (κ1) is 29.7. The van der Waals surface area contributed by atoms with Crippen molar-refractivity contribution >= 4 is 33.6 Å². The molecule has 0 unspecified atom stereocenters. The topological polar surface area (TPSA) is 138 Å². The summed E-state index contributed by atoms with van der Waals surface area (Å²) < 4.78 is 32.3. The highest BCUT2D eigenvalue weighted by Gasteiger charge is 2.38. The number of carbonyl (C=O) groups excluding carboxylic acids is 2. The number of hydrogen-bond acceptors (Lipinski definition) is 6. The quantitative estimate of drug-likeness (QED) is 0.298. The summed E-state index contributed by atoms with van der Waals surface area (Å²) in [4.78, 5) is 32.4. The van der Waals surface area contributed by atoms with Crippen LogP contribution in [0, 0.1) is 5.92 Å². The van der Waals surface area contributed by atoms with E-state index in [1.54, 1.807) is 29.2 Å². The second-order valence-corrected chi connectivity index (χ2v) is 12.1. The third-order valence-corrected chi connectivity index (χ3v) is 7.96. The molecule has 1 aliphatic rings. The Morgan fingerprint density at radius 1 is 1.12 bits per heavy atom. The summed E-state index contributed by atoms with van der Waals surface area (Å²) in [7, 11) is -3.99. The fourth-order valence-electron chi connectivity index (χ4n) is 4.73. The van der Waals surface area contributed by atoms with Crippen molar-refractivity contribution in [2.45, 2.75) is 58.3 Å². The van der Waals surface area contributed by atoms with Gasteiger partial charge in [0.15, 0.2) is 0 Å². The summed E-state index contributed by atoms with van der Waals surface area (Å²) in [5.41, 5.74) is 2.25. The van der Waals surface area contributed by atoms with Gasteiger partial charge in [0.25, 0.3) is 10.2 Å². The first-order valence-corrected chi connectivity index (χ1v) is 15.0. The highest BCUT2D eigenvalue weighted by Crippen LogP contribution is 2.22. The van der Waals surface area contributed by atoms with Crippen LogP contribution in [0.2, 0.25) is 5.02 Å². The molecule has 0 bridgehead atoms. The van der Waals surface area contributed by atoms with Crippen molar-refractivity contribution in [1.82, 2.24) is 34.4 Å². The van der Waals surface area contributed by atoms with Crippen LogP contribution >= 0.6 is 11.6 Å². The molecule has 3 N–H and O–H groups in total. The minimum atomic E-state index is -3.99. The molecule has 40 heavy (non-hydrogen) atoms. The summed E-state index contributed by atoms with van der Waals surface area (Å²) in [6, 6.07) is 12.7. The van der Waals surface area contributed by atoms with Gasteiger partial charge in [0, 0.05) is 24.7 Å². The number of carbonyl (C=O) groups is 2. The number of benzene rings is 2. The molecule has 2 atom stereocenters. The summed E-state index contributed by atoms with van der Waals surface area (Å²) >= 11 is 6.20. The van der Waals surface area contributed by atoms with Gasteiger partial charge in [0.05, 0.1) is 5.69 Å². The van der Waals surface area contributed by atoms with Crippen LogP contribution in [-0.4, -0.2) is 58.5 Å². The average Bonchev–Trinajstić information content (AvgIpc) is 3.63. The average molecular weight is 588 g/mol. The number of nitrogens with zero attached hydrogens (tertiary/aromatic N) is 4. The van der Waals surface area contributed by atoms with E-state index in [-0.39, 0.29) is 24.9 Å². The maximum Gasteiger partial charge on any atom is 0.277 e. The lowest BCUT2D eigenvalue weighted by molar-refractivity contribution is -0.140. The molecule has 1 aromatic heterocycles. The van der Waals surface area contributed by atoms with Gasteiger partial charge in [-0.25, -0.2) is 9.67 Å². The lowest BCUT2D eigenvalue weighted by Gasteiger charge is -2.29. The summed E-state index contributed by atoms with van der Waals surface area (Å²) in [5, 5.41) is 7.58. The van der Waals surface area contributed by atoms with Crippen molar-refractivity contribution in [1.29, 1.82) is 0 Å². The Hall–Kier alpha value is -3.32. The number of amides is 2. The Balaban J connectivity index is 1.43. The molecular weight excluding hydrogens is 554 g/mol. The van der Waals surface area contributed by atoms with Gasteiger partial charge in [-0.3, -0.25) is 9.59 Å². The lowest BCUT2D eigenvalue weighted by atomic mass is 10.0. The Kier molecular flexibility index (Phi) is 9.90. The van der Waals surface area contributed by atoms with Gasteiger partial charge < -0.3 is 10.2 Å². The van der Waals surface area contributed by atoms with Crippen LogP contribution in [0.15, 0.2) is 61.2 Å². The number of nitrogens with one attached hydrogen (secondary N) is 3. The lowest BCUT2D eigenvalue weighted by Crippen LogP contribution is -2.55. The maximum atomic E-state index is 13.6. The fraction of sp³-hybridized carbons (Fsp3) is 0.407. The van der Waals surface area contributed by atoms with Gasteiger partial charge in [-0.1, -0.05) is 55.8 Å². The molecule has 2 heterocycles. The van der Waals surface area contributed by atoms with Gasteiger partial charge in [0.2, 0.25) is 11.8 Å². The minimum Gasteiger partial charge on any atom is -0.350 e. The second kappa shape index (κ2) is 13.4. The second-order valence-electron chi connectivity index (χ2n) is 10.1. The number of rotatable bonds is 12. The third-order valence-electron chi connectivity index (χ3n) is 6.61. The predicted octanol–water partition coefficient (Wildman–Crippen LogP) is 2.57. The molecule has 0 saturated carbocycles. The third kappa shape index (κ3) is 7.87. The summed E-state index contributed by atoms with van der Waals surface area (Å²) in [5.74, 6) is -0.690. The van der Waals surface area contributed by atoms with Crippen LogP contribution in [-0.2, 0) is 32.9 Å². The monoisotopic (exact) mass is 587 g/mol. The number of halogens is 1. The zero-order valence-corrected chi connectivity index (χ0v) is 24.0. The largest absolute Gasteiger partial charge is 0.350 e. The zero-order valence-electron chi connectivity index (χ0n) is 22.5. The minimum absolute atomic E-state index is 0.0405. The van der Waals surface area contributed by atoms with E-state index in [0.29, 0.717) is 30.8 Å². The van der Waals surface area contributed by atoms with Gasteiger partial charge in [0.1, 0.15) is 24.7 Å². The Bertz CT molecular complexity index is 1400. The highest BCUT2D eigenvalue weighted by molar-refractivity contribution is 7.87. The molecule has 214 valence electrons. The summed E-state index contributed by atoms with van der Waals surface area (Å²) in [6.45, 7) is 4.45. The Labute approximate surface area is 239 Å². The molecule has 0 spiro atoms. The molecule has 2 amide bonds. The van der Waals surface area contributed by atoms with Crippen molar-refractivity contribution in [2.24, 2.45) is 5.92 Å². The standard InChI is InChI=1S/C27H34ClN7O4S/c1-19(2)13-23(33-40(38,39)32-15-20-7-4-3-5-8-20)27(37)34-12-6-9-25(34)26(36)30-16-21-14-22(28)10-11-24(21)35-18-29-17-31-35/h3-5,7-8,10-11,14,17-19,23,25,32-33H,6,9,12-13,15-16H2,1-2H3,(H,30,36)/t23-,25-/m0/s1. The molecule has 4 rings (SSSR count). The van der Waals surface area contributed by atoms with Crippen LogP contribution in [0.1, 0.15) is 44.2 Å². The van der Waals surface area contributed by atoms with Crippen molar-refractivity contribution in [3.63, 3.8) is 0 Å². The van der Waals surface area contributed by atoms with Crippen molar-refractivity contribution in [3.05, 3.63) is 77.3 Å². The molecular formula is C27H34ClN7O4S. The molecule has 1 aliphatic heterocycles. The van der Waals surface area contributed by atoms with E-state index in [0.717, 1.165) is 16.8 Å². The Morgan fingerprint density at radius 2 is 1.90 bits per heavy atom. The predicted molar refractivity (Wildman–Crippen MR) is 152 cm³/mol. The van der Waals surface area contributed by atoms with Gasteiger partial charge in [-0.15, -0.1) is 0 Å². The van der Waals surface area contributed by atoms with E-state index in [2.05, 4.69) is 24.8 Å². The SMILES string of the molecule is CC(C)C[C@H](NS(=O)(=O)NCc1ccccc1)C(=O)N1CCC[C@H]1C(=O)NCc1cc(Cl)ccc1-n1cncn1. The molecule has 1 fully saturated rings. The summed E-state index contributed by atoms with van der Waals surface area (Å²) in [6.07, 6.45) is 4.38. The van der Waals surface area contributed by atoms with Gasteiger partial charge >= 0.3 is 0 Å². The van der Waals surface area contributed by atoms with E-state index < -0.39 is 28.2 Å². The van der Waals surface area contributed by atoms with E-state index in [1.165, 1.54) is 11.2 Å². The smallest absolute Gasteiger partial charge is 0.277 e. The van der Waals surface area contributed by atoms with Gasteiger partial charge in [-0.05, 0) is 54.5 Å². The van der Waals surface area contributed by atoms with Crippen molar-refractivity contribution in [3.8, 4) is 5.69 Å². The molecule has 2 aromatic carbocycles. The van der Waals surface area contributed by atoms with Crippen LogP contribution in [0.3, 0.4) is 0 Å². The first-order valence-electron chi connectivity index (χ1n) is 13.2. The molecule has 0 aliphatic carbocycles. The van der Waals surface area contributed by atoms with Crippen molar-refractivity contribution in [2.75, 3.05) is 6.54 Å². The van der Waals surface area contributed by atoms with Crippen LogP contribution in [0.5, 0.6) is 0 Å². The highest BCUT2D eigenvalue weighted by atomic mass is 35.5. The van der Waals surface area contributed by atoms with E-state index in [9.17, 15) is 18.0 Å². The molecule has 3 aromatic rings. The molecule has 0 radical (unpaired) electrons. The van der Waals surface area contributed by atoms with Crippen molar-refractivity contribution < 1.29 is 18.0 Å². The van der Waals surface area contributed by atoms with Crippen LogP contribution in [0.25, 0.3) is 5.69 Å². The molecule has 13 heteroatoms. The maximum absolute atomic E-state index is 13.6. The Morgan fingerprint density at radius 3 is 2.60 bits per heavy atom.